The van der Waals surface area contributed by atoms with E-state index in [0.717, 1.165) is 6.32 Å². The Morgan fingerprint density at radius 1 is 1.09 bits per heavy atom. The van der Waals surface area contributed by atoms with Gasteiger partial charge in [-0.05, 0) is 41.4 Å². The zero-order valence-corrected chi connectivity index (χ0v) is 8.33. The van der Waals surface area contributed by atoms with Crippen LogP contribution in [0, 0.1) is 0 Å². The molecule has 0 aliphatic heterocycles. The van der Waals surface area contributed by atoms with E-state index in [-0.39, 0.29) is 0 Å². The topological polar surface area (TPSA) is 6.48 Å². The molecule has 0 aromatic heterocycles. The monoisotopic (exact) mass is 154 g/mol. The predicted molar refractivity (Wildman–Crippen MR) is 52.7 cm³/mol. The molecule has 0 spiro atoms. The highest BCUT2D eigenvalue weighted by atomic mass is 15.2. The SMILES string of the molecule is C/C=C\CB(N(C)C)N(C)C. The van der Waals surface area contributed by atoms with Gasteiger partial charge in [-0.15, -0.1) is 0 Å². The smallest absolute Gasteiger partial charge is 0.313 e. The van der Waals surface area contributed by atoms with Crippen LogP contribution in [0.2, 0.25) is 6.32 Å². The van der Waals surface area contributed by atoms with E-state index in [1.807, 2.05) is 0 Å². The first-order valence-electron chi connectivity index (χ1n) is 4.03. The fourth-order valence-electron chi connectivity index (χ4n) is 1.14. The zero-order chi connectivity index (χ0) is 8.85. The third kappa shape index (κ3) is 4.22. The van der Waals surface area contributed by atoms with E-state index in [0.29, 0.717) is 6.98 Å². The largest absolute Gasteiger partial charge is 0.334 e. The molecular formula is C8H19BN2. The molecule has 0 amide bonds. The average molecular weight is 154 g/mol. The van der Waals surface area contributed by atoms with Crippen LogP contribution in [-0.4, -0.2) is 44.8 Å². The maximum atomic E-state index is 2.22. The molecule has 0 aromatic carbocycles. The van der Waals surface area contributed by atoms with Crippen molar-refractivity contribution in [3.63, 3.8) is 0 Å². The molecule has 0 heterocycles. The van der Waals surface area contributed by atoms with Gasteiger partial charge in [-0.1, -0.05) is 12.2 Å². The van der Waals surface area contributed by atoms with Crippen LogP contribution in [0.3, 0.4) is 0 Å². The van der Waals surface area contributed by atoms with Crippen molar-refractivity contribution >= 4 is 6.98 Å². The number of allylic oxidation sites excluding steroid dienone is 2. The van der Waals surface area contributed by atoms with E-state index in [2.05, 4.69) is 56.9 Å². The van der Waals surface area contributed by atoms with Crippen LogP contribution >= 0.6 is 0 Å². The Hall–Kier alpha value is -0.275. The minimum absolute atomic E-state index is 0.520. The van der Waals surface area contributed by atoms with Gasteiger partial charge in [0.05, 0.1) is 0 Å². The van der Waals surface area contributed by atoms with Gasteiger partial charge in [-0.25, -0.2) is 0 Å². The number of hydrogen-bond donors (Lipinski definition) is 0. The van der Waals surface area contributed by atoms with Crippen LogP contribution in [0.4, 0.5) is 0 Å². The molecule has 0 N–H and O–H groups in total. The van der Waals surface area contributed by atoms with Crippen LogP contribution in [0.25, 0.3) is 0 Å². The van der Waals surface area contributed by atoms with E-state index in [1.54, 1.807) is 0 Å². The molecule has 2 nitrogen and oxygen atoms in total. The summed E-state index contributed by atoms with van der Waals surface area (Å²) in [5.41, 5.74) is 0. The highest BCUT2D eigenvalue weighted by Gasteiger charge is 2.17. The summed E-state index contributed by atoms with van der Waals surface area (Å²) in [5, 5.41) is 0. The average Bonchev–Trinajstić information content (AvgIpc) is 1.87. The molecule has 0 radical (unpaired) electrons. The maximum Gasteiger partial charge on any atom is 0.313 e. The number of hydrogen-bond acceptors (Lipinski definition) is 2. The minimum atomic E-state index is 0.520. The van der Waals surface area contributed by atoms with Crippen LogP contribution in [0.15, 0.2) is 12.2 Å². The second kappa shape index (κ2) is 5.39. The molecule has 0 rings (SSSR count). The summed E-state index contributed by atoms with van der Waals surface area (Å²) in [6.45, 7) is 2.58. The second-order valence-electron chi connectivity index (χ2n) is 3.21. The molecule has 0 aliphatic carbocycles. The Kier molecular flexibility index (Phi) is 5.25. The van der Waals surface area contributed by atoms with Gasteiger partial charge in [0.15, 0.2) is 0 Å². The Morgan fingerprint density at radius 3 is 1.82 bits per heavy atom. The maximum absolute atomic E-state index is 2.22. The first kappa shape index (κ1) is 10.7. The van der Waals surface area contributed by atoms with Crippen molar-refractivity contribution in [3.05, 3.63) is 12.2 Å². The lowest BCUT2D eigenvalue weighted by atomic mass is 9.69. The molecule has 0 aromatic rings. The standard InChI is InChI=1S/C8H19BN2/c1-6-7-8-9(10(2)3)11(4)5/h6-7H,8H2,1-5H3/b7-6-. The summed E-state index contributed by atoms with van der Waals surface area (Å²) in [5.74, 6) is 0. The molecule has 0 aliphatic rings. The van der Waals surface area contributed by atoms with Crippen molar-refractivity contribution < 1.29 is 0 Å². The van der Waals surface area contributed by atoms with Crippen LogP contribution in [-0.2, 0) is 0 Å². The lowest BCUT2D eigenvalue weighted by Crippen LogP contribution is -2.44. The molecule has 3 heteroatoms. The summed E-state index contributed by atoms with van der Waals surface area (Å²) < 4.78 is 0. The Morgan fingerprint density at radius 2 is 1.55 bits per heavy atom. The summed E-state index contributed by atoms with van der Waals surface area (Å²) in [6, 6.07) is 0. The molecule has 0 atom stereocenters. The van der Waals surface area contributed by atoms with Gasteiger partial charge in [0.1, 0.15) is 0 Å². The third-order valence-electron chi connectivity index (χ3n) is 1.77. The van der Waals surface area contributed by atoms with Gasteiger partial charge in [0, 0.05) is 0 Å². The molecule has 64 valence electrons. The van der Waals surface area contributed by atoms with Crippen LogP contribution < -0.4 is 0 Å². The van der Waals surface area contributed by atoms with Gasteiger partial charge in [0.2, 0.25) is 0 Å². The van der Waals surface area contributed by atoms with Crippen molar-refractivity contribution in [2.75, 3.05) is 28.2 Å². The fourth-order valence-corrected chi connectivity index (χ4v) is 1.14. The van der Waals surface area contributed by atoms with Crippen LogP contribution in [0.5, 0.6) is 0 Å². The van der Waals surface area contributed by atoms with Crippen LogP contribution in [0.1, 0.15) is 6.92 Å². The molecule has 0 saturated heterocycles. The summed E-state index contributed by atoms with van der Waals surface area (Å²) >= 11 is 0. The number of rotatable bonds is 4. The molecule has 11 heavy (non-hydrogen) atoms. The molecule has 0 fully saturated rings. The summed E-state index contributed by atoms with van der Waals surface area (Å²) in [6.07, 6.45) is 5.39. The quantitative estimate of drug-likeness (QED) is 0.443. The first-order chi connectivity index (χ1) is 5.09. The van der Waals surface area contributed by atoms with Crippen molar-refractivity contribution in [2.45, 2.75) is 13.2 Å². The summed E-state index contributed by atoms with van der Waals surface area (Å²) in [4.78, 5) is 4.44. The normalized spacial score (nSPS) is 11.9. The Labute approximate surface area is 71.0 Å². The van der Waals surface area contributed by atoms with Crippen molar-refractivity contribution in [3.8, 4) is 0 Å². The van der Waals surface area contributed by atoms with Crippen molar-refractivity contribution in [1.29, 1.82) is 0 Å². The highest BCUT2D eigenvalue weighted by molar-refractivity contribution is 6.52. The molecular weight excluding hydrogens is 135 g/mol. The second-order valence-corrected chi connectivity index (χ2v) is 3.21. The minimum Gasteiger partial charge on any atom is -0.334 e. The van der Waals surface area contributed by atoms with E-state index in [4.69, 9.17) is 0 Å². The van der Waals surface area contributed by atoms with Crippen molar-refractivity contribution in [2.24, 2.45) is 0 Å². The molecule has 0 unspecified atom stereocenters. The van der Waals surface area contributed by atoms with Gasteiger partial charge in [-0.2, -0.15) is 0 Å². The third-order valence-corrected chi connectivity index (χ3v) is 1.77. The Bertz CT molecular complexity index is 113. The number of nitrogens with zero attached hydrogens (tertiary/aromatic N) is 2. The summed E-state index contributed by atoms with van der Waals surface area (Å²) in [7, 11) is 8.42. The van der Waals surface area contributed by atoms with E-state index < -0.39 is 0 Å². The lowest BCUT2D eigenvalue weighted by Gasteiger charge is -2.25. The van der Waals surface area contributed by atoms with Gasteiger partial charge < -0.3 is 9.62 Å². The molecule has 0 saturated carbocycles. The lowest BCUT2D eigenvalue weighted by molar-refractivity contribution is 0.518. The highest BCUT2D eigenvalue weighted by Crippen LogP contribution is 1.99. The van der Waals surface area contributed by atoms with Gasteiger partial charge in [-0.3, -0.25) is 0 Å². The van der Waals surface area contributed by atoms with E-state index in [1.165, 1.54) is 0 Å². The first-order valence-corrected chi connectivity index (χ1v) is 4.03. The molecule has 0 bridgehead atoms. The predicted octanol–water partition coefficient (Wildman–Crippen LogP) is 1.17. The van der Waals surface area contributed by atoms with E-state index >= 15 is 0 Å². The van der Waals surface area contributed by atoms with Gasteiger partial charge >= 0.3 is 6.98 Å². The zero-order valence-electron chi connectivity index (χ0n) is 8.33. The fraction of sp³-hybridized carbons (Fsp3) is 0.750. The Balaban J connectivity index is 3.89. The van der Waals surface area contributed by atoms with E-state index in [9.17, 15) is 0 Å². The van der Waals surface area contributed by atoms with Gasteiger partial charge in [0.25, 0.3) is 0 Å². The van der Waals surface area contributed by atoms with Crippen molar-refractivity contribution in [1.82, 2.24) is 9.62 Å².